The Kier molecular flexibility index (Phi) is 9.18. The van der Waals surface area contributed by atoms with Crippen LogP contribution in [0.4, 0.5) is 0 Å². The first-order chi connectivity index (χ1) is 15.4. The van der Waals surface area contributed by atoms with Crippen molar-refractivity contribution < 1.29 is 14.4 Å². The number of nitriles is 1. The summed E-state index contributed by atoms with van der Waals surface area (Å²) >= 11 is 0. The molecule has 1 saturated heterocycles. The average Bonchev–Trinajstić information content (AvgIpc) is 3.10. The molecule has 0 aromatic heterocycles. The van der Waals surface area contributed by atoms with E-state index in [1.807, 2.05) is 71.0 Å². The maximum absolute atomic E-state index is 13.4. The molecule has 0 aliphatic carbocycles. The van der Waals surface area contributed by atoms with Crippen molar-refractivity contribution in [1.29, 1.82) is 5.26 Å². The fraction of sp³-hybridized carbons (Fsp3) is 0.615. The van der Waals surface area contributed by atoms with Gasteiger partial charge in [-0.3, -0.25) is 19.3 Å². The van der Waals surface area contributed by atoms with Gasteiger partial charge in [0.25, 0.3) is 0 Å². The van der Waals surface area contributed by atoms with E-state index >= 15 is 0 Å². The van der Waals surface area contributed by atoms with Crippen LogP contribution in [0.3, 0.4) is 0 Å². The third kappa shape index (κ3) is 7.97. The van der Waals surface area contributed by atoms with Gasteiger partial charge in [0.1, 0.15) is 6.04 Å². The SMILES string of the molecule is Cc1cccc([C@H](C(=O)C[C@@H](CC(C)(C)C)C(=O)N[C@H](C#N)C[C@@H]2CCNC2=O)N(C)C)c1. The number of aryl methyl sites for hydroxylation is 1. The molecule has 1 aliphatic heterocycles. The molecule has 0 radical (unpaired) electrons. The minimum atomic E-state index is -0.759. The smallest absolute Gasteiger partial charge is 0.224 e. The number of amides is 2. The Balaban J connectivity index is 2.18. The van der Waals surface area contributed by atoms with E-state index in [0.717, 1.165) is 11.1 Å². The quantitative estimate of drug-likeness (QED) is 0.565. The lowest BCUT2D eigenvalue weighted by Gasteiger charge is -2.29. The molecule has 33 heavy (non-hydrogen) atoms. The van der Waals surface area contributed by atoms with Crippen LogP contribution < -0.4 is 10.6 Å². The predicted octanol–water partition coefficient (Wildman–Crippen LogP) is 3.14. The maximum Gasteiger partial charge on any atom is 0.224 e. The first-order valence-corrected chi connectivity index (χ1v) is 11.6. The normalized spacial score (nSPS) is 18.8. The standard InChI is InChI=1S/C26H38N4O3/c1-17-8-7-9-18(12-17)23(30(5)6)22(31)14-20(15-26(2,3)4)25(33)29-21(16-27)13-19-10-11-28-24(19)32/h7-9,12,19-21,23H,10-11,13-15H2,1-6H3,(H,28,32)(H,29,33)/t19-,20-,21-,23+/m0/s1. The van der Waals surface area contributed by atoms with E-state index in [0.29, 0.717) is 19.4 Å². The van der Waals surface area contributed by atoms with Gasteiger partial charge < -0.3 is 10.6 Å². The predicted molar refractivity (Wildman–Crippen MR) is 128 cm³/mol. The second kappa shape index (κ2) is 11.4. The lowest BCUT2D eigenvalue weighted by molar-refractivity contribution is -0.132. The Hall–Kier alpha value is -2.72. The number of ketones is 1. The molecule has 1 aromatic carbocycles. The van der Waals surface area contributed by atoms with Crippen molar-refractivity contribution in [3.05, 3.63) is 35.4 Å². The Morgan fingerprint density at radius 3 is 2.52 bits per heavy atom. The fourth-order valence-electron chi connectivity index (χ4n) is 4.55. The Labute approximate surface area is 197 Å². The molecular weight excluding hydrogens is 416 g/mol. The number of nitrogens with zero attached hydrogens (tertiary/aromatic N) is 2. The summed E-state index contributed by atoms with van der Waals surface area (Å²) in [5.41, 5.74) is 1.80. The van der Waals surface area contributed by atoms with Crippen molar-refractivity contribution in [3.63, 3.8) is 0 Å². The molecule has 0 unspecified atom stereocenters. The van der Waals surface area contributed by atoms with E-state index in [9.17, 15) is 19.6 Å². The molecule has 1 fully saturated rings. The molecule has 180 valence electrons. The van der Waals surface area contributed by atoms with E-state index in [-0.39, 0.29) is 41.8 Å². The van der Waals surface area contributed by atoms with Gasteiger partial charge >= 0.3 is 0 Å². The van der Waals surface area contributed by atoms with Crippen LogP contribution in [0.5, 0.6) is 0 Å². The number of likely N-dealkylation sites (N-methyl/N-ethyl adjacent to an activating group) is 1. The van der Waals surface area contributed by atoms with Gasteiger partial charge in [0.15, 0.2) is 5.78 Å². The van der Waals surface area contributed by atoms with Gasteiger partial charge in [-0.1, -0.05) is 50.6 Å². The topological polar surface area (TPSA) is 102 Å². The molecule has 0 bridgehead atoms. The van der Waals surface area contributed by atoms with Crippen LogP contribution in [-0.4, -0.2) is 49.2 Å². The zero-order valence-electron chi connectivity index (χ0n) is 20.8. The largest absolute Gasteiger partial charge is 0.356 e. The highest BCUT2D eigenvalue weighted by Crippen LogP contribution is 2.30. The van der Waals surface area contributed by atoms with Crippen molar-refractivity contribution in [1.82, 2.24) is 15.5 Å². The summed E-state index contributed by atoms with van der Waals surface area (Å²) in [6.45, 7) is 8.69. The van der Waals surface area contributed by atoms with E-state index in [2.05, 4.69) is 16.7 Å². The zero-order valence-corrected chi connectivity index (χ0v) is 20.8. The Bertz CT molecular complexity index is 898. The molecule has 0 spiro atoms. The summed E-state index contributed by atoms with van der Waals surface area (Å²) in [5, 5.41) is 15.2. The van der Waals surface area contributed by atoms with Gasteiger partial charge in [0.2, 0.25) is 11.8 Å². The molecular formula is C26H38N4O3. The van der Waals surface area contributed by atoms with Crippen LogP contribution in [0.1, 0.15) is 63.6 Å². The molecule has 7 heteroatoms. The van der Waals surface area contributed by atoms with Crippen LogP contribution in [0, 0.1) is 35.5 Å². The summed E-state index contributed by atoms with van der Waals surface area (Å²) in [7, 11) is 3.73. The third-order valence-electron chi connectivity index (χ3n) is 6.01. The van der Waals surface area contributed by atoms with Gasteiger partial charge in [-0.15, -0.1) is 0 Å². The number of carbonyl (C=O) groups is 3. The van der Waals surface area contributed by atoms with Crippen LogP contribution in [-0.2, 0) is 14.4 Å². The summed E-state index contributed by atoms with van der Waals surface area (Å²) in [4.78, 5) is 40.4. The highest BCUT2D eigenvalue weighted by molar-refractivity contribution is 5.90. The maximum atomic E-state index is 13.4. The number of hydrogen-bond acceptors (Lipinski definition) is 5. The lowest BCUT2D eigenvalue weighted by atomic mass is 9.80. The summed E-state index contributed by atoms with van der Waals surface area (Å²) in [5.74, 6) is -1.23. The number of rotatable bonds is 10. The minimum Gasteiger partial charge on any atom is -0.356 e. The first kappa shape index (κ1) is 26.5. The van der Waals surface area contributed by atoms with Crippen molar-refractivity contribution >= 4 is 17.6 Å². The van der Waals surface area contributed by atoms with E-state index in [4.69, 9.17) is 0 Å². The number of hydrogen-bond donors (Lipinski definition) is 2. The van der Waals surface area contributed by atoms with Crippen molar-refractivity contribution in [2.45, 2.75) is 65.5 Å². The molecule has 1 aliphatic rings. The zero-order chi connectivity index (χ0) is 24.8. The molecule has 2 N–H and O–H groups in total. The highest BCUT2D eigenvalue weighted by Gasteiger charge is 2.34. The molecule has 0 saturated carbocycles. The summed E-state index contributed by atoms with van der Waals surface area (Å²) in [6.07, 6.45) is 1.55. The van der Waals surface area contributed by atoms with Gasteiger partial charge in [-0.05, 0) is 51.3 Å². The number of nitrogens with one attached hydrogen (secondary N) is 2. The second-order valence-electron chi connectivity index (χ2n) is 10.6. The highest BCUT2D eigenvalue weighted by atomic mass is 16.2. The number of benzene rings is 1. The molecule has 2 amide bonds. The number of carbonyl (C=O) groups excluding carboxylic acids is 3. The lowest BCUT2D eigenvalue weighted by Crippen LogP contribution is -2.42. The van der Waals surface area contributed by atoms with Gasteiger partial charge in [0, 0.05) is 24.8 Å². The van der Waals surface area contributed by atoms with Gasteiger partial charge in [-0.2, -0.15) is 5.26 Å². The Morgan fingerprint density at radius 1 is 1.30 bits per heavy atom. The van der Waals surface area contributed by atoms with Crippen LogP contribution >= 0.6 is 0 Å². The second-order valence-corrected chi connectivity index (χ2v) is 10.6. The Morgan fingerprint density at radius 2 is 2.00 bits per heavy atom. The van der Waals surface area contributed by atoms with Crippen LogP contribution in [0.15, 0.2) is 24.3 Å². The van der Waals surface area contributed by atoms with Crippen molar-refractivity contribution in [3.8, 4) is 6.07 Å². The minimum absolute atomic E-state index is 0.0290. The molecule has 1 aromatic rings. The van der Waals surface area contributed by atoms with E-state index in [1.165, 1.54) is 0 Å². The van der Waals surface area contributed by atoms with E-state index in [1.54, 1.807) is 0 Å². The van der Waals surface area contributed by atoms with Crippen LogP contribution in [0.2, 0.25) is 0 Å². The van der Waals surface area contributed by atoms with E-state index < -0.39 is 18.0 Å². The molecule has 7 nitrogen and oxygen atoms in total. The van der Waals surface area contributed by atoms with Crippen molar-refractivity contribution in [2.75, 3.05) is 20.6 Å². The average molecular weight is 455 g/mol. The van der Waals surface area contributed by atoms with Gasteiger partial charge in [0.05, 0.1) is 12.1 Å². The number of Topliss-reactive ketones (excluding diaryl/α,β-unsaturated/α-hetero) is 1. The van der Waals surface area contributed by atoms with Crippen molar-refractivity contribution in [2.24, 2.45) is 17.3 Å². The summed E-state index contributed by atoms with van der Waals surface area (Å²) in [6, 6.07) is 8.77. The molecule has 4 atom stereocenters. The van der Waals surface area contributed by atoms with Crippen LogP contribution in [0.25, 0.3) is 0 Å². The molecule has 2 rings (SSSR count). The monoisotopic (exact) mass is 454 g/mol. The van der Waals surface area contributed by atoms with Gasteiger partial charge in [-0.25, -0.2) is 0 Å². The summed E-state index contributed by atoms with van der Waals surface area (Å²) < 4.78 is 0. The molecule has 1 heterocycles. The third-order valence-corrected chi connectivity index (χ3v) is 6.01. The fourth-order valence-corrected chi connectivity index (χ4v) is 4.55. The first-order valence-electron chi connectivity index (χ1n) is 11.6.